The van der Waals surface area contributed by atoms with Gasteiger partial charge in [-0.05, 0) is 31.9 Å². The van der Waals surface area contributed by atoms with E-state index in [4.69, 9.17) is 0 Å². The van der Waals surface area contributed by atoms with Crippen LogP contribution in [0.2, 0.25) is 0 Å². The zero-order valence-corrected chi connectivity index (χ0v) is 12.0. The molecule has 0 amide bonds. The van der Waals surface area contributed by atoms with Crippen LogP contribution in [0.1, 0.15) is 17.0 Å². The Kier molecular flexibility index (Phi) is 3.11. The summed E-state index contributed by atoms with van der Waals surface area (Å²) in [6, 6.07) is 16.5. The molecule has 0 atom stereocenters. The summed E-state index contributed by atoms with van der Waals surface area (Å²) in [6.45, 7) is 6.14. The highest BCUT2D eigenvalue weighted by atomic mass is 15.4. The van der Waals surface area contributed by atoms with Crippen LogP contribution >= 0.6 is 0 Å². The monoisotopic (exact) mass is 263 g/mol. The Morgan fingerprint density at radius 1 is 0.800 bits per heavy atom. The molecule has 2 aromatic carbocycles. The number of hydrogen-bond acceptors (Lipinski definition) is 2. The van der Waals surface area contributed by atoms with Gasteiger partial charge in [0.15, 0.2) is 5.82 Å². The minimum absolute atomic E-state index is 0.784. The molecule has 3 rings (SSSR count). The second kappa shape index (κ2) is 4.93. The molecule has 3 nitrogen and oxygen atoms in total. The van der Waals surface area contributed by atoms with Crippen LogP contribution in [-0.4, -0.2) is 14.8 Å². The summed E-state index contributed by atoms with van der Waals surface area (Å²) in [4.78, 5) is 4.59. The molecule has 0 spiro atoms. The normalized spacial score (nSPS) is 10.8. The van der Waals surface area contributed by atoms with Gasteiger partial charge in [0, 0.05) is 5.56 Å². The highest BCUT2D eigenvalue weighted by Gasteiger charge is 2.14. The average Bonchev–Trinajstić information content (AvgIpc) is 2.81. The Bertz CT molecular complexity index is 722. The van der Waals surface area contributed by atoms with Crippen molar-refractivity contribution in [1.29, 1.82) is 0 Å². The van der Waals surface area contributed by atoms with E-state index >= 15 is 0 Å². The van der Waals surface area contributed by atoms with E-state index in [1.54, 1.807) is 0 Å². The third-order valence-corrected chi connectivity index (χ3v) is 3.40. The van der Waals surface area contributed by atoms with E-state index in [0.29, 0.717) is 0 Å². The summed E-state index contributed by atoms with van der Waals surface area (Å²) in [5.41, 5.74) is 4.60. The molecule has 100 valence electrons. The maximum atomic E-state index is 4.59. The average molecular weight is 263 g/mol. The van der Waals surface area contributed by atoms with Gasteiger partial charge < -0.3 is 0 Å². The fourth-order valence-electron chi connectivity index (χ4n) is 2.48. The van der Waals surface area contributed by atoms with Crippen LogP contribution in [0.25, 0.3) is 17.1 Å². The molecule has 3 heteroatoms. The predicted octanol–water partition coefficient (Wildman–Crippen LogP) is 3.86. The molecular weight excluding hydrogens is 246 g/mol. The van der Waals surface area contributed by atoms with Gasteiger partial charge in [0.05, 0.1) is 5.69 Å². The van der Waals surface area contributed by atoms with Crippen LogP contribution in [-0.2, 0) is 0 Å². The Hall–Kier alpha value is -2.42. The summed E-state index contributed by atoms with van der Waals surface area (Å²) in [7, 11) is 0. The summed E-state index contributed by atoms with van der Waals surface area (Å²) >= 11 is 0. The van der Waals surface area contributed by atoms with Crippen molar-refractivity contribution >= 4 is 0 Å². The minimum atomic E-state index is 0.784. The molecule has 0 radical (unpaired) electrons. The van der Waals surface area contributed by atoms with E-state index in [2.05, 4.69) is 54.3 Å². The van der Waals surface area contributed by atoms with E-state index in [9.17, 15) is 0 Å². The van der Waals surface area contributed by atoms with Crippen molar-refractivity contribution in [2.24, 2.45) is 0 Å². The lowest BCUT2D eigenvalue weighted by atomic mass is 10.1. The molecule has 0 N–H and O–H groups in total. The van der Waals surface area contributed by atoms with Crippen LogP contribution in [0.15, 0.2) is 48.5 Å². The van der Waals surface area contributed by atoms with Crippen molar-refractivity contribution in [3.05, 3.63) is 65.5 Å². The number of para-hydroxylation sites is 1. The molecule has 0 aliphatic rings. The highest BCUT2D eigenvalue weighted by molar-refractivity contribution is 5.60. The zero-order chi connectivity index (χ0) is 14.1. The third-order valence-electron chi connectivity index (χ3n) is 3.40. The van der Waals surface area contributed by atoms with Gasteiger partial charge in [-0.3, -0.25) is 0 Å². The van der Waals surface area contributed by atoms with Gasteiger partial charge in [0.25, 0.3) is 0 Å². The Morgan fingerprint density at radius 2 is 1.45 bits per heavy atom. The fraction of sp³-hybridized carbons (Fsp3) is 0.176. The molecule has 1 heterocycles. The summed E-state index contributed by atoms with van der Waals surface area (Å²) in [5.74, 6) is 1.67. The highest BCUT2D eigenvalue weighted by Crippen LogP contribution is 2.25. The molecule has 0 bridgehead atoms. The number of hydrogen-bond donors (Lipinski definition) is 0. The van der Waals surface area contributed by atoms with Crippen molar-refractivity contribution in [2.75, 3.05) is 0 Å². The molecular formula is C17H17N3. The van der Waals surface area contributed by atoms with Crippen LogP contribution < -0.4 is 0 Å². The second-order valence-corrected chi connectivity index (χ2v) is 5.00. The standard InChI is InChI=1S/C17H17N3/c1-12-8-7-9-13(2)16(12)20-17(18-14(3)19-20)15-10-5-4-6-11-15/h4-11H,1-3H3. The summed E-state index contributed by atoms with van der Waals surface area (Å²) in [6.07, 6.45) is 0. The molecule has 0 aliphatic heterocycles. The summed E-state index contributed by atoms with van der Waals surface area (Å²) < 4.78 is 1.95. The first-order valence-electron chi connectivity index (χ1n) is 6.72. The van der Waals surface area contributed by atoms with Crippen LogP contribution in [0, 0.1) is 20.8 Å². The summed E-state index contributed by atoms with van der Waals surface area (Å²) in [5, 5.41) is 4.58. The van der Waals surface area contributed by atoms with Gasteiger partial charge in [-0.15, -0.1) is 0 Å². The first-order valence-corrected chi connectivity index (χ1v) is 6.72. The fourth-order valence-corrected chi connectivity index (χ4v) is 2.48. The first-order chi connectivity index (χ1) is 9.66. The quantitative estimate of drug-likeness (QED) is 0.703. The number of aromatic nitrogens is 3. The van der Waals surface area contributed by atoms with Crippen LogP contribution in [0.3, 0.4) is 0 Å². The smallest absolute Gasteiger partial charge is 0.163 e. The SMILES string of the molecule is Cc1nc(-c2ccccc2)n(-c2c(C)cccc2C)n1. The van der Waals surface area contributed by atoms with Gasteiger partial charge in [0.2, 0.25) is 0 Å². The maximum absolute atomic E-state index is 4.59. The van der Waals surface area contributed by atoms with E-state index in [1.165, 1.54) is 11.1 Å². The molecule has 0 saturated carbocycles. The number of aryl methyl sites for hydroxylation is 3. The van der Waals surface area contributed by atoms with E-state index in [1.807, 2.05) is 29.8 Å². The number of benzene rings is 2. The largest absolute Gasteiger partial charge is 0.212 e. The molecule has 0 fully saturated rings. The Balaban J connectivity index is 2.26. The van der Waals surface area contributed by atoms with E-state index in [-0.39, 0.29) is 0 Å². The molecule has 0 saturated heterocycles. The van der Waals surface area contributed by atoms with Crippen molar-refractivity contribution in [1.82, 2.24) is 14.8 Å². The molecule has 3 aromatic rings. The van der Waals surface area contributed by atoms with Crippen molar-refractivity contribution in [3.8, 4) is 17.1 Å². The predicted molar refractivity (Wildman–Crippen MR) is 81.0 cm³/mol. The Labute approximate surface area is 118 Å². The lowest BCUT2D eigenvalue weighted by Gasteiger charge is -2.12. The molecule has 20 heavy (non-hydrogen) atoms. The van der Waals surface area contributed by atoms with Crippen molar-refractivity contribution in [3.63, 3.8) is 0 Å². The van der Waals surface area contributed by atoms with Crippen molar-refractivity contribution in [2.45, 2.75) is 20.8 Å². The van der Waals surface area contributed by atoms with E-state index < -0.39 is 0 Å². The van der Waals surface area contributed by atoms with Gasteiger partial charge in [-0.1, -0.05) is 48.5 Å². The Morgan fingerprint density at radius 3 is 2.10 bits per heavy atom. The topological polar surface area (TPSA) is 30.7 Å². The number of nitrogens with zero attached hydrogens (tertiary/aromatic N) is 3. The number of rotatable bonds is 2. The van der Waals surface area contributed by atoms with Gasteiger partial charge in [-0.25, -0.2) is 9.67 Å². The van der Waals surface area contributed by atoms with Crippen LogP contribution in [0.5, 0.6) is 0 Å². The third kappa shape index (κ3) is 2.11. The van der Waals surface area contributed by atoms with Crippen LogP contribution in [0.4, 0.5) is 0 Å². The van der Waals surface area contributed by atoms with Gasteiger partial charge in [-0.2, -0.15) is 5.10 Å². The van der Waals surface area contributed by atoms with Gasteiger partial charge in [0.1, 0.15) is 5.82 Å². The first kappa shape index (κ1) is 12.6. The van der Waals surface area contributed by atoms with Crippen molar-refractivity contribution < 1.29 is 0 Å². The zero-order valence-electron chi connectivity index (χ0n) is 12.0. The molecule has 0 aliphatic carbocycles. The second-order valence-electron chi connectivity index (χ2n) is 5.00. The lowest BCUT2D eigenvalue weighted by molar-refractivity contribution is 0.855. The van der Waals surface area contributed by atoms with E-state index in [0.717, 1.165) is 22.9 Å². The lowest BCUT2D eigenvalue weighted by Crippen LogP contribution is -2.04. The van der Waals surface area contributed by atoms with Gasteiger partial charge >= 0.3 is 0 Å². The minimum Gasteiger partial charge on any atom is -0.212 e. The maximum Gasteiger partial charge on any atom is 0.163 e. The molecule has 1 aromatic heterocycles. The molecule has 0 unspecified atom stereocenters.